The van der Waals surface area contributed by atoms with Gasteiger partial charge in [0.15, 0.2) is 0 Å². The highest BCUT2D eigenvalue weighted by Crippen LogP contribution is 2.48. The van der Waals surface area contributed by atoms with Gasteiger partial charge in [0.25, 0.3) is 0 Å². The highest BCUT2D eigenvalue weighted by molar-refractivity contribution is 5.89. The lowest BCUT2D eigenvalue weighted by atomic mass is 9.62. The highest BCUT2D eigenvalue weighted by atomic mass is 16.5. The Balaban J connectivity index is 1.12. The van der Waals surface area contributed by atoms with E-state index in [4.69, 9.17) is 9.47 Å². The first kappa shape index (κ1) is 41.9. The van der Waals surface area contributed by atoms with E-state index in [1.807, 2.05) is 48.5 Å². The predicted octanol–water partition coefficient (Wildman–Crippen LogP) is 13.5. The molecule has 6 rings (SSSR count). The Kier molecular flexibility index (Phi) is 14.8. The van der Waals surface area contributed by atoms with Gasteiger partial charge in [-0.15, -0.1) is 0 Å². The maximum atomic E-state index is 11.9. The van der Waals surface area contributed by atoms with Gasteiger partial charge < -0.3 is 9.47 Å². The quantitative estimate of drug-likeness (QED) is 0.0465. The normalized spacial score (nSPS) is 18.1. The fourth-order valence-corrected chi connectivity index (χ4v) is 9.26. The summed E-state index contributed by atoms with van der Waals surface area (Å²) in [5.74, 6) is 3.01. The smallest absolute Gasteiger partial charge is 0.338 e. The van der Waals surface area contributed by atoms with Crippen molar-refractivity contribution >= 4 is 11.9 Å². The molecule has 0 saturated heterocycles. The summed E-state index contributed by atoms with van der Waals surface area (Å²) in [5.41, 5.74) is 8.50. The molecule has 0 aliphatic heterocycles. The number of hydrogen-bond donors (Lipinski definition) is 0. The highest BCUT2D eigenvalue weighted by Gasteiger charge is 2.38. The van der Waals surface area contributed by atoms with Gasteiger partial charge in [-0.3, -0.25) is 0 Å². The summed E-state index contributed by atoms with van der Waals surface area (Å²) >= 11 is 0. The lowest BCUT2D eigenvalue weighted by Crippen LogP contribution is -2.33. The molecule has 0 aromatic heterocycles. The number of rotatable bonds is 17. The van der Waals surface area contributed by atoms with Gasteiger partial charge in [-0.25, -0.2) is 9.59 Å². The Bertz CT molecular complexity index is 1800. The van der Waals surface area contributed by atoms with Gasteiger partial charge >= 0.3 is 11.9 Å². The van der Waals surface area contributed by atoms with Crippen molar-refractivity contribution in [3.63, 3.8) is 0 Å². The Morgan fingerprint density at radius 1 is 0.526 bits per heavy atom. The van der Waals surface area contributed by atoms with Crippen LogP contribution in [0.5, 0.6) is 11.5 Å². The summed E-state index contributed by atoms with van der Waals surface area (Å²) in [7, 11) is 0. The summed E-state index contributed by atoms with van der Waals surface area (Å²) in [5, 5.41) is 0. The van der Waals surface area contributed by atoms with Gasteiger partial charge in [0.1, 0.15) is 11.5 Å². The summed E-state index contributed by atoms with van der Waals surface area (Å²) < 4.78 is 10.8. The molecule has 0 heterocycles. The topological polar surface area (TPSA) is 52.6 Å². The average molecular weight is 765 g/mol. The van der Waals surface area contributed by atoms with Crippen molar-refractivity contribution in [3.05, 3.63) is 155 Å². The zero-order valence-electron chi connectivity index (χ0n) is 34.8. The maximum Gasteiger partial charge on any atom is 0.338 e. The van der Waals surface area contributed by atoms with Crippen molar-refractivity contribution in [2.24, 2.45) is 17.8 Å². The van der Waals surface area contributed by atoms with Crippen molar-refractivity contribution in [2.75, 3.05) is 0 Å². The van der Waals surface area contributed by atoms with Crippen LogP contribution in [0.4, 0.5) is 0 Å². The van der Waals surface area contributed by atoms with Gasteiger partial charge in [0, 0.05) is 16.6 Å². The van der Waals surface area contributed by atoms with E-state index >= 15 is 0 Å². The van der Waals surface area contributed by atoms with E-state index in [0.29, 0.717) is 22.6 Å². The SMILES string of the molecule is C=C(C)C(=O)Oc1ccc(Cc2ccc(C3(c4ccc(Cc5ccc(OC(=O)C(=C)C)cc5)cc4)CCC(CCC4CCC(CCCCC)CC4)CC3)cc2)cc1. The molecular formula is C53H64O4. The number of carbonyl (C=O) groups excluding carboxylic acids is 2. The summed E-state index contributed by atoms with van der Waals surface area (Å²) in [4.78, 5) is 23.9. The molecule has 0 atom stereocenters. The Hall–Kier alpha value is -4.70. The standard InChI is InChI=1S/C53H64O4/c1-6-7-8-9-40-10-12-41(13-11-40)14-15-42-32-34-53(35-33-42,47-24-16-43(17-25-47)36-45-20-28-49(29-21-45)56-51(54)38(2)3)48-26-18-44(19-27-48)37-46-22-30-50(31-23-46)57-52(55)39(4)5/h16-31,40-42H,2,4,6-15,32-37H2,1,3,5H3. The molecule has 0 N–H and O–H groups in total. The van der Waals surface area contributed by atoms with Crippen molar-refractivity contribution in [2.45, 2.75) is 129 Å². The molecule has 4 heteroatoms. The first-order chi connectivity index (χ1) is 27.6. The molecule has 2 fully saturated rings. The van der Waals surface area contributed by atoms with Crippen LogP contribution in [-0.2, 0) is 27.8 Å². The average Bonchev–Trinajstić information content (AvgIpc) is 3.23. The second-order valence-corrected chi connectivity index (χ2v) is 17.4. The molecule has 0 unspecified atom stereocenters. The molecule has 4 aromatic rings. The zero-order chi connectivity index (χ0) is 40.2. The summed E-state index contributed by atoms with van der Waals surface area (Å²) in [6, 6.07) is 34.3. The van der Waals surface area contributed by atoms with Crippen LogP contribution < -0.4 is 9.47 Å². The Morgan fingerprint density at radius 2 is 0.877 bits per heavy atom. The van der Waals surface area contributed by atoms with Gasteiger partial charge in [0.2, 0.25) is 0 Å². The van der Waals surface area contributed by atoms with E-state index in [1.54, 1.807) is 13.8 Å². The van der Waals surface area contributed by atoms with Crippen LogP contribution in [0.25, 0.3) is 0 Å². The molecule has 0 bridgehead atoms. The van der Waals surface area contributed by atoms with E-state index in [1.165, 1.54) is 123 Å². The molecule has 57 heavy (non-hydrogen) atoms. The van der Waals surface area contributed by atoms with Gasteiger partial charge in [-0.1, -0.05) is 157 Å². The number of carbonyl (C=O) groups is 2. The third-order valence-corrected chi connectivity index (χ3v) is 12.9. The lowest BCUT2D eigenvalue weighted by molar-refractivity contribution is -0.130. The van der Waals surface area contributed by atoms with E-state index < -0.39 is 11.9 Å². The molecule has 2 saturated carbocycles. The second-order valence-electron chi connectivity index (χ2n) is 17.4. The largest absolute Gasteiger partial charge is 0.423 e. The first-order valence-electron chi connectivity index (χ1n) is 21.7. The molecule has 0 spiro atoms. The molecule has 4 nitrogen and oxygen atoms in total. The summed E-state index contributed by atoms with van der Waals surface area (Å²) in [6.07, 6.45) is 20.8. The molecule has 2 aliphatic rings. The summed E-state index contributed by atoms with van der Waals surface area (Å²) in [6.45, 7) is 13.0. The van der Waals surface area contributed by atoms with E-state index in [2.05, 4.69) is 68.6 Å². The zero-order valence-corrected chi connectivity index (χ0v) is 34.8. The Labute approximate surface area is 342 Å². The third-order valence-electron chi connectivity index (χ3n) is 12.9. The fourth-order valence-electron chi connectivity index (χ4n) is 9.26. The van der Waals surface area contributed by atoms with Crippen LogP contribution in [0.2, 0.25) is 0 Å². The van der Waals surface area contributed by atoms with Crippen LogP contribution in [-0.4, -0.2) is 11.9 Å². The van der Waals surface area contributed by atoms with E-state index in [9.17, 15) is 9.59 Å². The minimum atomic E-state index is -0.401. The van der Waals surface area contributed by atoms with E-state index in [-0.39, 0.29) is 5.41 Å². The predicted molar refractivity (Wildman–Crippen MR) is 234 cm³/mol. The molecule has 0 amide bonds. The number of hydrogen-bond acceptors (Lipinski definition) is 4. The minimum absolute atomic E-state index is 0.00622. The second kappa shape index (κ2) is 20.1. The fraction of sp³-hybridized carbons (Fsp3) is 0.434. The van der Waals surface area contributed by atoms with Crippen LogP contribution in [0, 0.1) is 17.8 Å². The van der Waals surface area contributed by atoms with Crippen molar-refractivity contribution in [1.82, 2.24) is 0 Å². The maximum absolute atomic E-state index is 11.9. The third kappa shape index (κ3) is 11.7. The molecule has 4 aromatic carbocycles. The number of benzene rings is 4. The number of unbranched alkanes of at least 4 members (excludes halogenated alkanes) is 2. The molecule has 0 radical (unpaired) electrons. The van der Waals surface area contributed by atoms with Crippen molar-refractivity contribution in [1.29, 1.82) is 0 Å². The Morgan fingerprint density at radius 3 is 1.25 bits per heavy atom. The van der Waals surface area contributed by atoms with Gasteiger partial charge in [0.05, 0.1) is 0 Å². The van der Waals surface area contributed by atoms with Gasteiger partial charge in [-0.05, 0) is 128 Å². The molecular weight excluding hydrogens is 701 g/mol. The first-order valence-corrected chi connectivity index (χ1v) is 21.7. The molecule has 300 valence electrons. The van der Waals surface area contributed by atoms with Crippen molar-refractivity contribution in [3.8, 4) is 11.5 Å². The monoisotopic (exact) mass is 764 g/mol. The van der Waals surface area contributed by atoms with E-state index in [0.717, 1.165) is 30.6 Å². The lowest BCUT2D eigenvalue weighted by Gasteiger charge is -2.42. The van der Waals surface area contributed by atoms with Crippen LogP contribution in [0.1, 0.15) is 144 Å². The molecule has 2 aliphatic carbocycles. The number of ether oxygens (including phenoxy) is 2. The van der Waals surface area contributed by atoms with Crippen LogP contribution in [0.3, 0.4) is 0 Å². The van der Waals surface area contributed by atoms with Crippen LogP contribution in [0.15, 0.2) is 121 Å². The van der Waals surface area contributed by atoms with Gasteiger partial charge in [-0.2, -0.15) is 0 Å². The van der Waals surface area contributed by atoms with Crippen LogP contribution >= 0.6 is 0 Å². The number of esters is 2. The van der Waals surface area contributed by atoms with Crippen molar-refractivity contribution < 1.29 is 19.1 Å². The minimum Gasteiger partial charge on any atom is -0.423 e.